The highest BCUT2D eigenvalue weighted by Crippen LogP contribution is 2.34. The molecule has 1 aliphatic carbocycles. The first-order valence-electron chi connectivity index (χ1n) is 12.1. The summed E-state index contributed by atoms with van der Waals surface area (Å²) < 4.78 is 22.8. The fourth-order valence-corrected chi connectivity index (χ4v) is 4.29. The van der Waals surface area contributed by atoms with E-state index in [1.807, 2.05) is 26.8 Å². The lowest BCUT2D eigenvalue weighted by molar-refractivity contribution is 0.0921. The lowest BCUT2D eigenvalue weighted by Gasteiger charge is -2.20. The van der Waals surface area contributed by atoms with E-state index in [4.69, 9.17) is 4.52 Å². The van der Waals surface area contributed by atoms with Crippen LogP contribution in [0.5, 0.6) is 0 Å². The largest absolute Gasteiger partial charge is 0.342 e. The number of amides is 1. The van der Waals surface area contributed by atoms with Crippen molar-refractivity contribution in [2.75, 3.05) is 5.32 Å². The first-order chi connectivity index (χ1) is 17.7. The number of anilines is 2. The molecule has 1 atom stereocenters. The number of hydrogen-bond acceptors (Lipinski definition) is 9. The molecule has 12 heteroatoms. The van der Waals surface area contributed by atoms with Gasteiger partial charge in [-0.05, 0) is 36.5 Å². The van der Waals surface area contributed by atoms with Crippen molar-refractivity contribution in [2.45, 2.75) is 57.9 Å². The number of nitrogens with zero attached hydrogens (tertiary/aromatic N) is 7. The van der Waals surface area contributed by atoms with Gasteiger partial charge in [-0.15, -0.1) is 0 Å². The van der Waals surface area contributed by atoms with Crippen LogP contribution >= 0.6 is 0 Å². The van der Waals surface area contributed by atoms with E-state index in [1.165, 1.54) is 6.33 Å². The molecule has 192 valence electrons. The van der Waals surface area contributed by atoms with E-state index in [-0.39, 0.29) is 34.6 Å². The summed E-state index contributed by atoms with van der Waals surface area (Å²) in [5.74, 6) is -0.00633. The third kappa shape index (κ3) is 5.18. The molecule has 4 aromatic rings. The van der Waals surface area contributed by atoms with Crippen molar-refractivity contribution in [3.05, 3.63) is 59.5 Å². The van der Waals surface area contributed by atoms with Gasteiger partial charge in [0.15, 0.2) is 5.82 Å². The summed E-state index contributed by atoms with van der Waals surface area (Å²) in [7, 11) is 1.80. The number of rotatable bonds is 5. The Morgan fingerprint density at radius 2 is 2.03 bits per heavy atom. The van der Waals surface area contributed by atoms with Crippen LogP contribution in [0.25, 0.3) is 11.4 Å². The Balaban J connectivity index is 1.41. The van der Waals surface area contributed by atoms with Gasteiger partial charge in [-0.2, -0.15) is 15.1 Å². The molecule has 11 nitrogen and oxygen atoms in total. The van der Waals surface area contributed by atoms with Crippen molar-refractivity contribution in [1.82, 2.24) is 40.2 Å². The fraction of sp³-hybridized carbons (Fsp3) is 0.400. The zero-order chi connectivity index (χ0) is 26.2. The van der Waals surface area contributed by atoms with E-state index < -0.39 is 11.7 Å². The maximum atomic E-state index is 15.9. The van der Waals surface area contributed by atoms with Crippen molar-refractivity contribution in [3.8, 4) is 11.4 Å². The van der Waals surface area contributed by atoms with Crippen LogP contribution in [0.15, 0.2) is 35.4 Å². The molecule has 0 saturated carbocycles. The quantitative estimate of drug-likeness (QED) is 0.385. The van der Waals surface area contributed by atoms with Crippen molar-refractivity contribution in [3.63, 3.8) is 0 Å². The molecule has 0 fully saturated rings. The second kappa shape index (κ2) is 9.68. The normalized spacial score (nSPS) is 15.6. The third-order valence-corrected chi connectivity index (χ3v) is 6.17. The molecule has 3 aromatic heterocycles. The highest BCUT2D eigenvalue weighted by Gasteiger charge is 2.28. The number of carbonyl (C=O) groups excluding carboxylic acids is 1. The van der Waals surface area contributed by atoms with Crippen molar-refractivity contribution in [1.29, 1.82) is 0 Å². The van der Waals surface area contributed by atoms with Gasteiger partial charge < -0.3 is 15.2 Å². The predicted molar refractivity (Wildman–Crippen MR) is 132 cm³/mol. The first kappa shape index (κ1) is 24.5. The number of nitrogens with one attached hydrogen (secondary N) is 2. The number of aromatic nitrogens is 7. The Bertz CT molecular complexity index is 1440. The molecule has 1 aromatic carbocycles. The minimum absolute atomic E-state index is 0.0355. The van der Waals surface area contributed by atoms with Crippen molar-refractivity contribution < 1.29 is 13.7 Å². The van der Waals surface area contributed by atoms with E-state index in [0.29, 0.717) is 30.0 Å². The van der Waals surface area contributed by atoms with Gasteiger partial charge in [0, 0.05) is 18.7 Å². The van der Waals surface area contributed by atoms with Crippen LogP contribution in [0.1, 0.15) is 73.7 Å². The maximum absolute atomic E-state index is 15.9. The predicted octanol–water partition coefficient (Wildman–Crippen LogP) is 4.03. The van der Waals surface area contributed by atoms with Gasteiger partial charge in [0.05, 0.1) is 23.5 Å². The van der Waals surface area contributed by atoms with Crippen LogP contribution < -0.4 is 10.6 Å². The number of fused-ring (bicyclic) bond motifs is 1. The SMILES string of the molecule is Cn1cc(Nc2ncnc(-c3ccc4c(c3F)CCCC[C@@H]4NC(=O)c3noc(C(C)(C)C)n3)n2)cn1. The summed E-state index contributed by atoms with van der Waals surface area (Å²) in [6.07, 6.45) is 7.60. The average molecular weight is 506 g/mol. The van der Waals surface area contributed by atoms with Gasteiger partial charge in [-0.1, -0.05) is 38.4 Å². The smallest absolute Gasteiger partial charge is 0.293 e. The molecule has 1 aliphatic rings. The molecule has 0 bridgehead atoms. The Hall–Kier alpha value is -4.22. The molecule has 0 unspecified atom stereocenters. The molecule has 2 N–H and O–H groups in total. The van der Waals surface area contributed by atoms with Crippen LogP contribution in [0.3, 0.4) is 0 Å². The van der Waals surface area contributed by atoms with Crippen LogP contribution in [0.2, 0.25) is 0 Å². The summed E-state index contributed by atoms with van der Waals surface area (Å²) >= 11 is 0. The molecular formula is C25H28FN9O2. The van der Waals surface area contributed by atoms with Gasteiger partial charge in [0.25, 0.3) is 11.7 Å². The minimum Gasteiger partial charge on any atom is -0.342 e. The molecule has 0 spiro atoms. The number of aryl methyl sites for hydroxylation is 1. The van der Waals surface area contributed by atoms with Gasteiger partial charge in [0.2, 0.25) is 11.8 Å². The molecule has 37 heavy (non-hydrogen) atoms. The standard InChI is InChI=1S/C25H28FN9O2/c1-25(2,3)23-32-21(34-37-23)22(36)31-18-8-6-5-7-16-15(18)9-10-17(19(16)26)20-27-13-28-24(33-20)30-14-11-29-35(4)12-14/h9-13,18H,5-8H2,1-4H3,(H,31,36)(H,27,28,30,33)/t18-/m0/s1. The number of hydrogen-bond donors (Lipinski definition) is 2. The highest BCUT2D eigenvalue weighted by molar-refractivity contribution is 5.90. The minimum atomic E-state index is -0.454. The molecule has 0 aliphatic heterocycles. The zero-order valence-corrected chi connectivity index (χ0v) is 21.1. The van der Waals surface area contributed by atoms with Gasteiger partial charge in [0.1, 0.15) is 12.1 Å². The van der Waals surface area contributed by atoms with Crippen molar-refractivity contribution >= 4 is 17.5 Å². The van der Waals surface area contributed by atoms with Gasteiger partial charge in [-0.3, -0.25) is 9.48 Å². The topological polar surface area (TPSA) is 137 Å². The number of benzene rings is 1. The Labute approximate surface area is 212 Å². The van der Waals surface area contributed by atoms with Crippen LogP contribution in [0.4, 0.5) is 16.0 Å². The highest BCUT2D eigenvalue weighted by atomic mass is 19.1. The van der Waals surface area contributed by atoms with E-state index in [1.54, 1.807) is 30.2 Å². The maximum Gasteiger partial charge on any atom is 0.293 e. The summed E-state index contributed by atoms with van der Waals surface area (Å²) in [5.41, 5.74) is 1.88. The molecule has 1 amide bonds. The van der Waals surface area contributed by atoms with E-state index in [2.05, 4.69) is 40.8 Å². The first-order valence-corrected chi connectivity index (χ1v) is 12.1. The number of halogens is 1. The average Bonchev–Trinajstić information content (AvgIpc) is 3.46. The van der Waals surface area contributed by atoms with Gasteiger partial charge >= 0.3 is 0 Å². The molecule has 0 saturated heterocycles. The summed E-state index contributed by atoms with van der Waals surface area (Å²) in [6, 6.07) is 3.10. The molecular weight excluding hydrogens is 477 g/mol. The lowest BCUT2D eigenvalue weighted by Crippen LogP contribution is -2.30. The Kier molecular flexibility index (Phi) is 6.40. The molecule has 3 heterocycles. The number of carbonyl (C=O) groups is 1. The van der Waals surface area contributed by atoms with Crippen LogP contribution in [-0.4, -0.2) is 40.8 Å². The van der Waals surface area contributed by atoms with Crippen LogP contribution in [0, 0.1) is 5.82 Å². The fourth-order valence-electron chi connectivity index (χ4n) is 4.29. The summed E-state index contributed by atoms with van der Waals surface area (Å²) in [6.45, 7) is 5.78. The van der Waals surface area contributed by atoms with Crippen LogP contribution in [-0.2, 0) is 18.9 Å². The summed E-state index contributed by atoms with van der Waals surface area (Å²) in [4.78, 5) is 29.9. The second-order valence-electron chi connectivity index (χ2n) is 10.1. The zero-order valence-electron chi connectivity index (χ0n) is 21.1. The van der Waals surface area contributed by atoms with Gasteiger partial charge in [-0.25, -0.2) is 14.4 Å². The monoisotopic (exact) mass is 505 g/mol. The van der Waals surface area contributed by atoms with E-state index >= 15 is 4.39 Å². The molecule has 5 rings (SSSR count). The van der Waals surface area contributed by atoms with E-state index in [0.717, 1.165) is 18.4 Å². The lowest BCUT2D eigenvalue weighted by atomic mass is 9.95. The Morgan fingerprint density at radius 3 is 2.76 bits per heavy atom. The van der Waals surface area contributed by atoms with E-state index in [9.17, 15) is 4.79 Å². The Morgan fingerprint density at radius 1 is 1.19 bits per heavy atom. The molecule has 0 radical (unpaired) electrons. The summed E-state index contributed by atoms with van der Waals surface area (Å²) in [5, 5.41) is 14.0. The third-order valence-electron chi connectivity index (χ3n) is 6.17. The second-order valence-corrected chi connectivity index (χ2v) is 10.1. The van der Waals surface area contributed by atoms with Crippen molar-refractivity contribution in [2.24, 2.45) is 7.05 Å².